The molecule has 0 aliphatic heterocycles. The molecule has 2 rings (SSSR count). The molecule has 0 saturated heterocycles. The van der Waals surface area contributed by atoms with Crippen molar-refractivity contribution in [1.82, 2.24) is 0 Å². The fourth-order valence-corrected chi connectivity index (χ4v) is 2.54. The Kier molecular flexibility index (Phi) is 6.27. The van der Waals surface area contributed by atoms with Crippen molar-refractivity contribution in [2.75, 3.05) is 6.61 Å². The molecule has 2 aromatic rings. The SMILES string of the molecule is C/C=C/[CH]C(c1ccccc1)c1ccc(OCCC)c(C)c1. The average molecular weight is 293 g/mol. The first-order valence-electron chi connectivity index (χ1n) is 8.00. The van der Waals surface area contributed by atoms with E-state index in [2.05, 4.69) is 81.0 Å². The standard InChI is InChI=1S/C21H25O/c1-4-6-12-20(18-10-8-7-9-11-18)19-13-14-21(17(3)16-19)22-15-5-2/h4,6-14,16,20H,5,15H2,1-3H3/b6-4+. The fourth-order valence-electron chi connectivity index (χ4n) is 2.54. The van der Waals surface area contributed by atoms with Gasteiger partial charge in [-0.1, -0.05) is 61.5 Å². The molecule has 22 heavy (non-hydrogen) atoms. The van der Waals surface area contributed by atoms with Gasteiger partial charge in [0.05, 0.1) is 6.61 Å². The van der Waals surface area contributed by atoms with Crippen LogP contribution in [0.1, 0.15) is 42.9 Å². The van der Waals surface area contributed by atoms with Crippen molar-refractivity contribution in [2.24, 2.45) is 0 Å². The third kappa shape index (κ3) is 4.24. The van der Waals surface area contributed by atoms with Crippen LogP contribution in [-0.2, 0) is 0 Å². The zero-order valence-electron chi connectivity index (χ0n) is 13.8. The van der Waals surface area contributed by atoms with E-state index in [9.17, 15) is 0 Å². The van der Waals surface area contributed by atoms with Gasteiger partial charge in [0.15, 0.2) is 0 Å². The second kappa shape index (κ2) is 8.43. The lowest BCUT2D eigenvalue weighted by Gasteiger charge is -2.18. The lowest BCUT2D eigenvalue weighted by atomic mass is 9.87. The highest BCUT2D eigenvalue weighted by Crippen LogP contribution is 2.31. The zero-order valence-corrected chi connectivity index (χ0v) is 13.8. The summed E-state index contributed by atoms with van der Waals surface area (Å²) in [5.41, 5.74) is 3.80. The third-order valence-corrected chi connectivity index (χ3v) is 3.67. The fraction of sp³-hybridized carbons (Fsp3) is 0.286. The van der Waals surface area contributed by atoms with Gasteiger partial charge < -0.3 is 4.74 Å². The number of hydrogen-bond donors (Lipinski definition) is 0. The van der Waals surface area contributed by atoms with Crippen molar-refractivity contribution >= 4 is 0 Å². The van der Waals surface area contributed by atoms with Gasteiger partial charge in [-0.05, 0) is 49.4 Å². The van der Waals surface area contributed by atoms with Gasteiger partial charge in [0.25, 0.3) is 0 Å². The van der Waals surface area contributed by atoms with Crippen molar-refractivity contribution in [3.63, 3.8) is 0 Å². The molecule has 0 N–H and O–H groups in total. The van der Waals surface area contributed by atoms with E-state index in [0.29, 0.717) is 0 Å². The lowest BCUT2D eigenvalue weighted by molar-refractivity contribution is 0.315. The first-order chi connectivity index (χ1) is 10.8. The van der Waals surface area contributed by atoms with Crippen LogP contribution >= 0.6 is 0 Å². The molecule has 0 spiro atoms. The normalized spacial score (nSPS) is 12.5. The van der Waals surface area contributed by atoms with Crippen LogP contribution in [0, 0.1) is 13.3 Å². The third-order valence-electron chi connectivity index (χ3n) is 3.67. The molecule has 0 heterocycles. The monoisotopic (exact) mass is 293 g/mol. The van der Waals surface area contributed by atoms with Crippen molar-refractivity contribution < 1.29 is 4.74 Å². The number of aryl methyl sites for hydroxylation is 1. The highest BCUT2D eigenvalue weighted by Gasteiger charge is 2.14. The molecule has 1 radical (unpaired) electrons. The molecular weight excluding hydrogens is 268 g/mol. The van der Waals surface area contributed by atoms with Crippen LogP contribution in [0.3, 0.4) is 0 Å². The van der Waals surface area contributed by atoms with E-state index in [1.807, 2.05) is 6.92 Å². The number of benzene rings is 2. The summed E-state index contributed by atoms with van der Waals surface area (Å²) in [6, 6.07) is 17.1. The first-order valence-corrected chi connectivity index (χ1v) is 8.00. The molecule has 115 valence electrons. The Balaban J connectivity index is 2.29. The smallest absolute Gasteiger partial charge is 0.122 e. The molecule has 1 nitrogen and oxygen atoms in total. The van der Waals surface area contributed by atoms with Crippen LogP contribution in [0.4, 0.5) is 0 Å². The van der Waals surface area contributed by atoms with E-state index in [-0.39, 0.29) is 5.92 Å². The van der Waals surface area contributed by atoms with Gasteiger partial charge in [0.1, 0.15) is 5.75 Å². The van der Waals surface area contributed by atoms with Crippen LogP contribution in [0.25, 0.3) is 0 Å². The summed E-state index contributed by atoms with van der Waals surface area (Å²) in [5, 5.41) is 0. The Morgan fingerprint density at radius 3 is 2.45 bits per heavy atom. The van der Waals surface area contributed by atoms with Crippen LogP contribution < -0.4 is 4.74 Å². The Hall–Kier alpha value is -2.02. The molecule has 0 fully saturated rings. The predicted octanol–water partition coefficient (Wildman–Crippen LogP) is 5.70. The van der Waals surface area contributed by atoms with Crippen molar-refractivity contribution in [3.05, 3.63) is 83.8 Å². The molecule has 2 aromatic carbocycles. The summed E-state index contributed by atoms with van der Waals surface area (Å²) >= 11 is 0. The van der Waals surface area contributed by atoms with Gasteiger partial charge in [-0.15, -0.1) is 0 Å². The molecule has 1 unspecified atom stereocenters. The van der Waals surface area contributed by atoms with Crippen LogP contribution in [0.5, 0.6) is 5.75 Å². The van der Waals surface area contributed by atoms with Crippen molar-refractivity contribution in [3.8, 4) is 5.75 Å². The molecule has 1 heteroatoms. The molecule has 0 amide bonds. The molecular formula is C21H25O. The van der Waals surface area contributed by atoms with Gasteiger partial charge in [-0.3, -0.25) is 0 Å². The van der Waals surface area contributed by atoms with Crippen LogP contribution in [0.15, 0.2) is 60.7 Å². The van der Waals surface area contributed by atoms with Gasteiger partial charge in [-0.2, -0.15) is 0 Å². The number of hydrogen-bond acceptors (Lipinski definition) is 1. The quantitative estimate of drug-likeness (QED) is 0.636. The van der Waals surface area contributed by atoms with Crippen molar-refractivity contribution in [1.29, 1.82) is 0 Å². The molecule has 0 bridgehead atoms. The molecule has 0 aromatic heterocycles. The molecule has 1 atom stereocenters. The minimum absolute atomic E-state index is 0.274. The number of allylic oxidation sites excluding steroid dienone is 2. The van der Waals surface area contributed by atoms with Crippen molar-refractivity contribution in [2.45, 2.75) is 33.1 Å². The maximum absolute atomic E-state index is 5.78. The highest BCUT2D eigenvalue weighted by atomic mass is 16.5. The Labute approximate surface area is 134 Å². The van der Waals surface area contributed by atoms with Gasteiger partial charge in [-0.25, -0.2) is 0 Å². The number of ether oxygens (including phenoxy) is 1. The zero-order chi connectivity index (χ0) is 15.8. The maximum Gasteiger partial charge on any atom is 0.122 e. The lowest BCUT2D eigenvalue weighted by Crippen LogP contribution is -2.03. The largest absolute Gasteiger partial charge is 0.493 e. The van der Waals surface area contributed by atoms with Gasteiger partial charge in [0.2, 0.25) is 0 Å². The first kappa shape index (κ1) is 16.4. The Bertz CT molecular complexity index is 599. The van der Waals surface area contributed by atoms with E-state index < -0.39 is 0 Å². The summed E-state index contributed by atoms with van der Waals surface area (Å²) < 4.78 is 5.78. The van der Waals surface area contributed by atoms with E-state index >= 15 is 0 Å². The molecule has 0 aliphatic carbocycles. The Morgan fingerprint density at radius 2 is 1.82 bits per heavy atom. The Morgan fingerprint density at radius 1 is 1.05 bits per heavy atom. The molecule has 0 aliphatic rings. The van der Waals surface area contributed by atoms with E-state index in [1.165, 1.54) is 16.7 Å². The summed E-state index contributed by atoms with van der Waals surface area (Å²) in [6.07, 6.45) is 7.47. The maximum atomic E-state index is 5.78. The number of rotatable bonds is 7. The second-order valence-electron chi connectivity index (χ2n) is 5.48. The van der Waals surface area contributed by atoms with E-state index in [0.717, 1.165) is 18.8 Å². The summed E-state index contributed by atoms with van der Waals surface area (Å²) in [4.78, 5) is 0. The van der Waals surface area contributed by atoms with E-state index in [4.69, 9.17) is 4.74 Å². The minimum Gasteiger partial charge on any atom is -0.493 e. The highest BCUT2D eigenvalue weighted by molar-refractivity contribution is 5.43. The second-order valence-corrected chi connectivity index (χ2v) is 5.48. The van der Waals surface area contributed by atoms with Gasteiger partial charge >= 0.3 is 0 Å². The van der Waals surface area contributed by atoms with E-state index in [1.54, 1.807) is 0 Å². The summed E-state index contributed by atoms with van der Waals surface area (Å²) in [6.45, 7) is 7.06. The topological polar surface area (TPSA) is 9.23 Å². The average Bonchev–Trinajstić information content (AvgIpc) is 2.55. The summed E-state index contributed by atoms with van der Waals surface area (Å²) in [5.74, 6) is 1.26. The summed E-state index contributed by atoms with van der Waals surface area (Å²) in [7, 11) is 0. The minimum atomic E-state index is 0.274. The van der Waals surface area contributed by atoms with Gasteiger partial charge in [0, 0.05) is 5.92 Å². The molecule has 0 saturated carbocycles. The predicted molar refractivity (Wildman–Crippen MR) is 94.4 cm³/mol. The van der Waals surface area contributed by atoms with Crippen LogP contribution in [0.2, 0.25) is 0 Å². The van der Waals surface area contributed by atoms with Crippen LogP contribution in [-0.4, -0.2) is 6.61 Å².